The molecule has 12 heavy (non-hydrogen) atoms. The second-order valence-corrected chi connectivity index (χ2v) is 3.43. The molecule has 0 amide bonds. The Bertz CT molecular complexity index is 96.0. The molecule has 2 atom stereocenters. The lowest BCUT2D eigenvalue weighted by atomic mass is 10.1. The maximum atomic E-state index is 5.59. The van der Waals surface area contributed by atoms with Gasteiger partial charge in [-0.1, -0.05) is 27.7 Å². The highest BCUT2D eigenvalue weighted by Crippen LogP contribution is 2.09. The molecule has 1 aliphatic heterocycles. The van der Waals surface area contributed by atoms with E-state index in [1.165, 1.54) is 0 Å². The molecule has 2 unspecified atom stereocenters. The molecule has 2 heteroatoms. The van der Waals surface area contributed by atoms with E-state index in [-0.39, 0.29) is 0 Å². The summed E-state index contributed by atoms with van der Waals surface area (Å²) < 4.78 is 5.59. The Morgan fingerprint density at radius 1 is 1.33 bits per heavy atom. The number of hydrogen-bond donors (Lipinski definition) is 1. The van der Waals surface area contributed by atoms with E-state index in [2.05, 4.69) is 26.1 Å². The fourth-order valence-electron chi connectivity index (χ4n) is 1.13. The lowest BCUT2D eigenvalue weighted by Crippen LogP contribution is -2.46. The molecule has 0 radical (unpaired) electrons. The van der Waals surface area contributed by atoms with Crippen molar-refractivity contribution in [2.24, 2.45) is 5.92 Å². The SMILES string of the molecule is CC.CC1COC(C(C)C)CN1. The summed E-state index contributed by atoms with van der Waals surface area (Å²) >= 11 is 0. The van der Waals surface area contributed by atoms with Crippen LogP contribution in [0.25, 0.3) is 0 Å². The minimum absolute atomic E-state index is 0.427. The first kappa shape index (κ1) is 11.9. The van der Waals surface area contributed by atoms with Gasteiger partial charge in [0, 0.05) is 12.6 Å². The smallest absolute Gasteiger partial charge is 0.0723 e. The molecular weight excluding hydrogens is 150 g/mol. The van der Waals surface area contributed by atoms with E-state index in [1.807, 2.05) is 13.8 Å². The van der Waals surface area contributed by atoms with Crippen LogP contribution in [0.5, 0.6) is 0 Å². The first-order valence-electron chi connectivity index (χ1n) is 5.05. The molecule has 0 aromatic heterocycles. The van der Waals surface area contributed by atoms with Crippen LogP contribution >= 0.6 is 0 Å². The second kappa shape index (κ2) is 6.44. The third-order valence-electron chi connectivity index (χ3n) is 1.97. The summed E-state index contributed by atoms with van der Waals surface area (Å²) in [6, 6.07) is 0.537. The van der Waals surface area contributed by atoms with Crippen molar-refractivity contribution < 1.29 is 4.74 Å². The van der Waals surface area contributed by atoms with E-state index in [0.717, 1.165) is 13.2 Å². The molecule has 1 rings (SSSR count). The van der Waals surface area contributed by atoms with Crippen LogP contribution in [0.4, 0.5) is 0 Å². The molecule has 0 aliphatic carbocycles. The van der Waals surface area contributed by atoms with Crippen LogP contribution < -0.4 is 5.32 Å². The minimum Gasteiger partial charge on any atom is -0.375 e. The summed E-state index contributed by atoms with van der Waals surface area (Å²) in [6.07, 6.45) is 0.427. The predicted octanol–water partition coefficient (Wildman–Crippen LogP) is 2.05. The second-order valence-electron chi connectivity index (χ2n) is 3.43. The topological polar surface area (TPSA) is 21.3 Å². The molecule has 0 aromatic rings. The number of morpholine rings is 1. The fraction of sp³-hybridized carbons (Fsp3) is 1.00. The Hall–Kier alpha value is -0.0800. The Morgan fingerprint density at radius 3 is 2.25 bits per heavy atom. The molecule has 2 nitrogen and oxygen atoms in total. The third-order valence-corrected chi connectivity index (χ3v) is 1.97. The summed E-state index contributed by atoms with van der Waals surface area (Å²) in [5, 5.41) is 3.39. The lowest BCUT2D eigenvalue weighted by molar-refractivity contribution is -0.0174. The van der Waals surface area contributed by atoms with Gasteiger partial charge in [0.2, 0.25) is 0 Å². The van der Waals surface area contributed by atoms with Crippen molar-refractivity contribution in [3.05, 3.63) is 0 Å². The number of hydrogen-bond acceptors (Lipinski definition) is 2. The summed E-state index contributed by atoms with van der Waals surface area (Å²) in [4.78, 5) is 0. The molecule has 1 heterocycles. The van der Waals surface area contributed by atoms with Gasteiger partial charge in [-0.3, -0.25) is 0 Å². The highest BCUT2D eigenvalue weighted by molar-refractivity contribution is 4.74. The molecule has 0 spiro atoms. The van der Waals surface area contributed by atoms with Crippen molar-refractivity contribution in [2.75, 3.05) is 13.2 Å². The number of ether oxygens (including phenoxy) is 1. The maximum Gasteiger partial charge on any atom is 0.0723 e. The predicted molar refractivity (Wildman–Crippen MR) is 53.4 cm³/mol. The zero-order valence-corrected chi connectivity index (χ0v) is 9.05. The molecule has 0 bridgehead atoms. The Morgan fingerprint density at radius 2 is 1.92 bits per heavy atom. The van der Waals surface area contributed by atoms with Crippen LogP contribution in [0.3, 0.4) is 0 Å². The van der Waals surface area contributed by atoms with Gasteiger partial charge in [-0.15, -0.1) is 0 Å². The van der Waals surface area contributed by atoms with Crippen LogP contribution in [0, 0.1) is 5.92 Å². The first-order valence-corrected chi connectivity index (χ1v) is 5.05. The van der Waals surface area contributed by atoms with Gasteiger partial charge in [0.25, 0.3) is 0 Å². The highest BCUT2D eigenvalue weighted by Gasteiger charge is 2.19. The normalized spacial score (nSPS) is 29.5. The van der Waals surface area contributed by atoms with Crippen molar-refractivity contribution in [2.45, 2.75) is 46.8 Å². The lowest BCUT2D eigenvalue weighted by Gasteiger charge is -2.30. The summed E-state index contributed by atoms with van der Waals surface area (Å²) in [5.41, 5.74) is 0. The molecular formula is C10H23NO. The zero-order chi connectivity index (χ0) is 9.56. The number of rotatable bonds is 1. The van der Waals surface area contributed by atoms with Gasteiger partial charge in [-0.2, -0.15) is 0 Å². The van der Waals surface area contributed by atoms with E-state index >= 15 is 0 Å². The van der Waals surface area contributed by atoms with Gasteiger partial charge >= 0.3 is 0 Å². The molecule has 1 aliphatic rings. The van der Waals surface area contributed by atoms with E-state index in [4.69, 9.17) is 4.74 Å². The van der Waals surface area contributed by atoms with Gasteiger partial charge in [-0.25, -0.2) is 0 Å². The molecule has 0 aromatic carbocycles. The first-order chi connectivity index (χ1) is 5.70. The molecule has 1 fully saturated rings. The van der Waals surface area contributed by atoms with Gasteiger partial charge in [0.15, 0.2) is 0 Å². The van der Waals surface area contributed by atoms with E-state index in [9.17, 15) is 0 Å². The van der Waals surface area contributed by atoms with Gasteiger partial charge in [0.1, 0.15) is 0 Å². The van der Waals surface area contributed by atoms with Crippen molar-refractivity contribution in [3.8, 4) is 0 Å². The van der Waals surface area contributed by atoms with E-state index in [0.29, 0.717) is 18.1 Å². The summed E-state index contributed by atoms with van der Waals surface area (Å²) in [5.74, 6) is 0.639. The van der Waals surface area contributed by atoms with Crippen LogP contribution in [-0.2, 0) is 4.74 Å². The van der Waals surface area contributed by atoms with Crippen molar-refractivity contribution in [3.63, 3.8) is 0 Å². The fourth-order valence-corrected chi connectivity index (χ4v) is 1.13. The van der Waals surface area contributed by atoms with Crippen LogP contribution in [0.15, 0.2) is 0 Å². The van der Waals surface area contributed by atoms with Crippen molar-refractivity contribution in [1.29, 1.82) is 0 Å². The summed E-state index contributed by atoms with van der Waals surface area (Å²) in [6.45, 7) is 12.4. The maximum absolute atomic E-state index is 5.59. The van der Waals surface area contributed by atoms with E-state index < -0.39 is 0 Å². The average molecular weight is 173 g/mol. The average Bonchev–Trinajstić information content (AvgIpc) is 2.09. The zero-order valence-electron chi connectivity index (χ0n) is 9.05. The Balaban J connectivity index is 0.000000561. The molecule has 74 valence electrons. The van der Waals surface area contributed by atoms with Gasteiger partial charge in [-0.05, 0) is 12.8 Å². The van der Waals surface area contributed by atoms with Crippen LogP contribution in [-0.4, -0.2) is 25.3 Å². The number of nitrogens with one attached hydrogen (secondary N) is 1. The molecule has 1 saturated heterocycles. The highest BCUT2D eigenvalue weighted by atomic mass is 16.5. The molecule has 1 N–H and O–H groups in total. The Kier molecular flexibility index (Phi) is 6.39. The quantitative estimate of drug-likeness (QED) is 0.655. The van der Waals surface area contributed by atoms with Crippen molar-refractivity contribution >= 4 is 0 Å². The van der Waals surface area contributed by atoms with Crippen molar-refractivity contribution in [1.82, 2.24) is 5.32 Å². The van der Waals surface area contributed by atoms with Crippen LogP contribution in [0.1, 0.15) is 34.6 Å². The third kappa shape index (κ3) is 4.07. The Labute approximate surface area is 76.7 Å². The molecule has 0 saturated carbocycles. The summed E-state index contributed by atoms with van der Waals surface area (Å²) in [7, 11) is 0. The van der Waals surface area contributed by atoms with Gasteiger partial charge < -0.3 is 10.1 Å². The monoisotopic (exact) mass is 173 g/mol. The van der Waals surface area contributed by atoms with E-state index in [1.54, 1.807) is 0 Å². The van der Waals surface area contributed by atoms with Gasteiger partial charge in [0.05, 0.1) is 12.7 Å². The van der Waals surface area contributed by atoms with Crippen LogP contribution in [0.2, 0.25) is 0 Å². The largest absolute Gasteiger partial charge is 0.375 e. The standard InChI is InChI=1S/C8H17NO.C2H6/c1-6(2)8-4-9-7(3)5-10-8;1-2/h6-9H,4-5H2,1-3H3;1-2H3. The minimum atomic E-state index is 0.427.